The molecular formula is C13H8BrClFN3. The summed E-state index contributed by atoms with van der Waals surface area (Å²) in [4.78, 5) is 4.25. The molecule has 0 saturated heterocycles. The van der Waals surface area contributed by atoms with E-state index < -0.39 is 5.82 Å². The Balaban J connectivity index is 2.31. The third-order valence-electron chi connectivity index (χ3n) is 2.80. The summed E-state index contributed by atoms with van der Waals surface area (Å²) in [7, 11) is 0. The Kier molecular flexibility index (Phi) is 2.95. The summed E-state index contributed by atoms with van der Waals surface area (Å²) >= 11 is 9.08. The second-order valence-electron chi connectivity index (χ2n) is 4.04. The standard InChI is InChI=1S/C13H8BrClFN3/c14-7-1-4-11-12(5-7)19(13(17)18-11)8-2-3-9(15)10(16)6-8/h1-6H,(H2,17,18). The lowest BCUT2D eigenvalue weighted by Crippen LogP contribution is -2.01. The third kappa shape index (κ3) is 2.09. The lowest BCUT2D eigenvalue weighted by Gasteiger charge is -2.07. The molecule has 19 heavy (non-hydrogen) atoms. The monoisotopic (exact) mass is 339 g/mol. The molecule has 0 saturated carbocycles. The van der Waals surface area contributed by atoms with Crippen LogP contribution < -0.4 is 5.73 Å². The fourth-order valence-electron chi connectivity index (χ4n) is 1.96. The van der Waals surface area contributed by atoms with Gasteiger partial charge in [0, 0.05) is 4.47 Å². The first kappa shape index (κ1) is 12.4. The van der Waals surface area contributed by atoms with Gasteiger partial charge in [0.25, 0.3) is 0 Å². The summed E-state index contributed by atoms with van der Waals surface area (Å²) < 4.78 is 16.1. The van der Waals surface area contributed by atoms with Crippen molar-refractivity contribution in [3.63, 3.8) is 0 Å². The maximum absolute atomic E-state index is 13.6. The van der Waals surface area contributed by atoms with Gasteiger partial charge >= 0.3 is 0 Å². The summed E-state index contributed by atoms with van der Waals surface area (Å²) in [6.45, 7) is 0. The molecule has 2 N–H and O–H groups in total. The number of rotatable bonds is 1. The number of benzene rings is 2. The summed E-state index contributed by atoms with van der Waals surface area (Å²) in [5.41, 5.74) is 8.03. The van der Waals surface area contributed by atoms with E-state index in [1.165, 1.54) is 12.1 Å². The average Bonchev–Trinajstić information content (AvgIpc) is 2.68. The fourth-order valence-corrected chi connectivity index (χ4v) is 2.43. The highest BCUT2D eigenvalue weighted by Gasteiger charge is 2.11. The quantitative estimate of drug-likeness (QED) is 0.723. The SMILES string of the molecule is Nc1nc2ccc(Br)cc2n1-c1ccc(Cl)c(F)c1. The van der Waals surface area contributed by atoms with Crippen LogP contribution >= 0.6 is 27.5 Å². The molecule has 96 valence electrons. The molecule has 0 aliphatic heterocycles. The second kappa shape index (κ2) is 4.51. The highest BCUT2D eigenvalue weighted by Crippen LogP contribution is 2.27. The molecule has 0 bridgehead atoms. The molecule has 1 heterocycles. The van der Waals surface area contributed by atoms with Crippen LogP contribution in [0, 0.1) is 5.82 Å². The highest BCUT2D eigenvalue weighted by atomic mass is 79.9. The Labute approximate surface area is 121 Å². The van der Waals surface area contributed by atoms with Crippen molar-refractivity contribution in [1.82, 2.24) is 9.55 Å². The maximum atomic E-state index is 13.6. The van der Waals surface area contributed by atoms with Crippen LogP contribution in [0.3, 0.4) is 0 Å². The minimum Gasteiger partial charge on any atom is -0.369 e. The van der Waals surface area contributed by atoms with Gasteiger partial charge in [0.1, 0.15) is 5.82 Å². The summed E-state index contributed by atoms with van der Waals surface area (Å²) in [6, 6.07) is 10.1. The van der Waals surface area contributed by atoms with Crippen molar-refractivity contribution in [1.29, 1.82) is 0 Å². The zero-order valence-electron chi connectivity index (χ0n) is 9.57. The van der Waals surface area contributed by atoms with Gasteiger partial charge in [-0.1, -0.05) is 27.5 Å². The van der Waals surface area contributed by atoms with Crippen LogP contribution in [0.15, 0.2) is 40.9 Å². The zero-order valence-corrected chi connectivity index (χ0v) is 11.9. The predicted molar refractivity (Wildman–Crippen MR) is 78.2 cm³/mol. The van der Waals surface area contributed by atoms with Crippen LogP contribution in [-0.4, -0.2) is 9.55 Å². The molecule has 0 spiro atoms. The number of imidazole rings is 1. The van der Waals surface area contributed by atoms with E-state index in [2.05, 4.69) is 20.9 Å². The molecule has 0 aliphatic rings. The van der Waals surface area contributed by atoms with Gasteiger partial charge in [0.05, 0.1) is 21.7 Å². The molecule has 3 aromatic rings. The largest absolute Gasteiger partial charge is 0.369 e. The Morgan fingerprint density at radius 1 is 1.21 bits per heavy atom. The maximum Gasteiger partial charge on any atom is 0.205 e. The van der Waals surface area contributed by atoms with Crippen LogP contribution in [-0.2, 0) is 0 Å². The molecule has 0 atom stereocenters. The van der Waals surface area contributed by atoms with Crippen LogP contribution in [0.4, 0.5) is 10.3 Å². The molecule has 3 nitrogen and oxygen atoms in total. The molecule has 0 aliphatic carbocycles. The Morgan fingerprint density at radius 3 is 2.74 bits per heavy atom. The van der Waals surface area contributed by atoms with E-state index in [0.717, 1.165) is 15.5 Å². The van der Waals surface area contributed by atoms with Crippen molar-refractivity contribution in [2.24, 2.45) is 0 Å². The normalized spacial score (nSPS) is 11.1. The van der Waals surface area contributed by atoms with Gasteiger partial charge in [0.15, 0.2) is 0 Å². The van der Waals surface area contributed by atoms with Crippen molar-refractivity contribution in [3.05, 3.63) is 51.7 Å². The van der Waals surface area contributed by atoms with E-state index in [0.29, 0.717) is 11.6 Å². The Bertz CT molecular complexity index is 785. The van der Waals surface area contributed by atoms with E-state index >= 15 is 0 Å². The summed E-state index contributed by atoms with van der Waals surface area (Å²) in [5.74, 6) is -0.190. The van der Waals surface area contributed by atoms with Crippen molar-refractivity contribution in [2.45, 2.75) is 0 Å². The fraction of sp³-hybridized carbons (Fsp3) is 0. The van der Waals surface area contributed by atoms with Crippen molar-refractivity contribution in [3.8, 4) is 5.69 Å². The zero-order chi connectivity index (χ0) is 13.6. The van der Waals surface area contributed by atoms with E-state index in [-0.39, 0.29) is 5.02 Å². The molecule has 0 amide bonds. The van der Waals surface area contributed by atoms with Gasteiger partial charge in [-0.3, -0.25) is 4.57 Å². The molecule has 6 heteroatoms. The number of hydrogen-bond donors (Lipinski definition) is 1. The lowest BCUT2D eigenvalue weighted by atomic mass is 10.2. The van der Waals surface area contributed by atoms with Gasteiger partial charge in [-0.2, -0.15) is 0 Å². The molecule has 2 aromatic carbocycles. The Morgan fingerprint density at radius 2 is 2.00 bits per heavy atom. The minimum atomic E-state index is -0.490. The van der Waals surface area contributed by atoms with Crippen LogP contribution in [0.5, 0.6) is 0 Å². The van der Waals surface area contributed by atoms with E-state index in [9.17, 15) is 4.39 Å². The van der Waals surface area contributed by atoms with Crippen LogP contribution in [0.2, 0.25) is 5.02 Å². The first-order valence-electron chi connectivity index (χ1n) is 5.45. The first-order valence-corrected chi connectivity index (χ1v) is 6.62. The number of nitrogens with two attached hydrogens (primary N) is 1. The smallest absolute Gasteiger partial charge is 0.205 e. The number of aromatic nitrogens is 2. The number of nitrogen functional groups attached to an aromatic ring is 1. The van der Waals surface area contributed by atoms with Gasteiger partial charge in [-0.05, 0) is 36.4 Å². The minimum absolute atomic E-state index is 0.0768. The van der Waals surface area contributed by atoms with Gasteiger partial charge < -0.3 is 5.73 Å². The molecule has 3 rings (SSSR count). The molecule has 0 fully saturated rings. The van der Waals surface area contributed by atoms with Gasteiger partial charge in [-0.25, -0.2) is 9.37 Å². The van der Waals surface area contributed by atoms with Gasteiger partial charge in [0.2, 0.25) is 5.95 Å². The number of fused-ring (bicyclic) bond motifs is 1. The first-order chi connectivity index (χ1) is 9.06. The second-order valence-corrected chi connectivity index (χ2v) is 5.36. The molecular weight excluding hydrogens is 333 g/mol. The topological polar surface area (TPSA) is 43.8 Å². The van der Waals surface area contributed by atoms with E-state index in [1.54, 1.807) is 10.6 Å². The number of anilines is 1. The van der Waals surface area contributed by atoms with Crippen LogP contribution in [0.1, 0.15) is 0 Å². The summed E-state index contributed by atoms with van der Waals surface area (Å²) in [5, 5.41) is 0.0768. The number of halogens is 3. The molecule has 0 radical (unpaired) electrons. The van der Waals surface area contributed by atoms with Crippen molar-refractivity contribution < 1.29 is 4.39 Å². The van der Waals surface area contributed by atoms with Gasteiger partial charge in [-0.15, -0.1) is 0 Å². The average molecular weight is 341 g/mol. The van der Waals surface area contributed by atoms with Crippen molar-refractivity contribution >= 4 is 44.5 Å². The van der Waals surface area contributed by atoms with E-state index in [1.807, 2.05) is 18.2 Å². The number of nitrogens with zero attached hydrogens (tertiary/aromatic N) is 2. The molecule has 1 aromatic heterocycles. The van der Waals surface area contributed by atoms with Crippen molar-refractivity contribution in [2.75, 3.05) is 5.73 Å². The lowest BCUT2D eigenvalue weighted by molar-refractivity contribution is 0.627. The predicted octanol–water partition coefficient (Wildman–Crippen LogP) is 4.16. The van der Waals surface area contributed by atoms with Crippen LogP contribution in [0.25, 0.3) is 16.7 Å². The summed E-state index contributed by atoms with van der Waals surface area (Å²) in [6.07, 6.45) is 0. The molecule has 0 unspecified atom stereocenters. The highest BCUT2D eigenvalue weighted by molar-refractivity contribution is 9.10. The third-order valence-corrected chi connectivity index (χ3v) is 3.60. The van der Waals surface area contributed by atoms with E-state index in [4.69, 9.17) is 17.3 Å². The Hall–Kier alpha value is -1.59. The number of hydrogen-bond acceptors (Lipinski definition) is 2.